The molecule has 0 aliphatic heterocycles. The predicted octanol–water partition coefficient (Wildman–Crippen LogP) is 5.19. The van der Waals surface area contributed by atoms with Gasteiger partial charge in [0.1, 0.15) is 0 Å². The number of hydrogen-bond donors (Lipinski definition) is 2. The van der Waals surface area contributed by atoms with Crippen LogP contribution in [0.3, 0.4) is 0 Å². The first kappa shape index (κ1) is 18.1. The molecule has 0 radical (unpaired) electrons. The van der Waals surface area contributed by atoms with E-state index in [1.807, 2.05) is 4.90 Å². The van der Waals surface area contributed by atoms with Crippen LogP contribution in [0.25, 0.3) is 0 Å². The molecule has 2 aromatic rings. The summed E-state index contributed by atoms with van der Waals surface area (Å²) in [5, 5.41) is 11.0. The normalized spacial score (nSPS) is 11.2. The van der Waals surface area contributed by atoms with Crippen LogP contribution >= 0.6 is 15.9 Å². The molecule has 0 aliphatic rings. The van der Waals surface area contributed by atoms with E-state index in [0.717, 1.165) is 23.4 Å². The Kier molecular flexibility index (Phi) is 5.38. The van der Waals surface area contributed by atoms with Crippen molar-refractivity contribution in [2.75, 3.05) is 17.3 Å². The summed E-state index contributed by atoms with van der Waals surface area (Å²) < 4.78 is 38.2. The summed E-state index contributed by atoms with van der Waals surface area (Å²) in [7, 11) is 1.80. The molecule has 2 N–H and O–H groups in total. The third-order valence-corrected chi connectivity index (χ3v) is 3.99. The van der Waals surface area contributed by atoms with Crippen molar-refractivity contribution in [1.29, 1.82) is 0 Å². The van der Waals surface area contributed by atoms with Crippen molar-refractivity contribution in [3.63, 3.8) is 0 Å². The first-order chi connectivity index (χ1) is 11.2. The van der Waals surface area contributed by atoms with Gasteiger partial charge in [-0.2, -0.15) is 13.2 Å². The average molecular weight is 403 g/mol. The average Bonchev–Trinajstić information content (AvgIpc) is 2.48. The van der Waals surface area contributed by atoms with E-state index in [9.17, 15) is 18.0 Å². The van der Waals surface area contributed by atoms with Crippen LogP contribution in [-0.4, -0.2) is 18.2 Å². The van der Waals surface area contributed by atoms with Crippen LogP contribution < -0.4 is 10.2 Å². The third-order valence-electron chi connectivity index (χ3n) is 3.34. The molecule has 0 heterocycles. The van der Waals surface area contributed by atoms with Crippen molar-refractivity contribution in [1.82, 2.24) is 0 Å². The highest BCUT2D eigenvalue weighted by molar-refractivity contribution is 9.10. The van der Waals surface area contributed by atoms with E-state index >= 15 is 0 Å². The van der Waals surface area contributed by atoms with Gasteiger partial charge in [0.2, 0.25) is 0 Å². The first-order valence-electron chi connectivity index (χ1n) is 6.83. The third kappa shape index (κ3) is 4.64. The fourth-order valence-electron chi connectivity index (χ4n) is 2.12. The van der Waals surface area contributed by atoms with Crippen molar-refractivity contribution < 1.29 is 23.1 Å². The van der Waals surface area contributed by atoms with Crippen LogP contribution in [0.5, 0.6) is 0 Å². The van der Waals surface area contributed by atoms with Gasteiger partial charge in [-0.15, -0.1) is 0 Å². The molecule has 8 heteroatoms. The molecule has 0 atom stereocenters. The summed E-state index contributed by atoms with van der Waals surface area (Å²) in [5.74, 6) is 0. The quantitative estimate of drug-likeness (QED) is 0.739. The van der Waals surface area contributed by atoms with E-state index in [4.69, 9.17) is 5.11 Å². The van der Waals surface area contributed by atoms with Gasteiger partial charge in [-0.3, -0.25) is 5.32 Å². The van der Waals surface area contributed by atoms with Gasteiger partial charge in [-0.1, -0.05) is 12.1 Å². The molecule has 2 aromatic carbocycles. The van der Waals surface area contributed by atoms with Crippen molar-refractivity contribution in [3.8, 4) is 0 Å². The van der Waals surface area contributed by atoms with E-state index in [-0.39, 0.29) is 0 Å². The number of halogens is 4. The summed E-state index contributed by atoms with van der Waals surface area (Å²) in [6, 6.07) is 10.0. The molecular formula is C16H14BrF3N2O2. The van der Waals surface area contributed by atoms with E-state index in [1.165, 1.54) is 12.1 Å². The van der Waals surface area contributed by atoms with Crippen molar-refractivity contribution in [2.45, 2.75) is 12.7 Å². The molecule has 0 unspecified atom stereocenters. The number of alkyl halides is 3. The topological polar surface area (TPSA) is 52.6 Å². The molecule has 0 saturated heterocycles. The standard InChI is InChI=1S/C16H14BrF3N2O2/c1-22(9-10-2-4-11(5-3-10)16(18,19)20)12-6-7-14(13(17)8-12)21-15(23)24/h2-8,21H,9H2,1H3,(H,23,24). The Labute approximate surface area is 145 Å². The number of amides is 1. The maximum atomic E-state index is 12.6. The summed E-state index contributed by atoms with van der Waals surface area (Å²) in [4.78, 5) is 12.5. The lowest BCUT2D eigenvalue weighted by atomic mass is 10.1. The number of nitrogens with one attached hydrogen (secondary N) is 1. The summed E-state index contributed by atoms with van der Waals surface area (Å²) in [5.41, 5.74) is 1.25. The molecule has 2 rings (SSSR count). The van der Waals surface area contributed by atoms with E-state index in [2.05, 4.69) is 21.2 Å². The molecule has 24 heavy (non-hydrogen) atoms. The Bertz CT molecular complexity index is 733. The highest BCUT2D eigenvalue weighted by Gasteiger charge is 2.29. The Morgan fingerprint density at radius 2 is 1.83 bits per heavy atom. The second kappa shape index (κ2) is 7.12. The number of carbonyl (C=O) groups is 1. The summed E-state index contributed by atoms with van der Waals surface area (Å²) >= 11 is 3.28. The minimum absolute atomic E-state index is 0.411. The molecule has 0 spiro atoms. The molecule has 0 aliphatic carbocycles. The highest BCUT2D eigenvalue weighted by atomic mass is 79.9. The molecule has 1 amide bonds. The van der Waals surface area contributed by atoms with Gasteiger partial charge in [0, 0.05) is 23.8 Å². The van der Waals surface area contributed by atoms with Crippen LogP contribution in [0, 0.1) is 0 Å². The van der Waals surface area contributed by atoms with Crippen LogP contribution in [0.1, 0.15) is 11.1 Å². The molecule has 0 fully saturated rings. The van der Waals surface area contributed by atoms with Gasteiger partial charge in [0.25, 0.3) is 0 Å². The van der Waals surface area contributed by atoms with E-state index in [1.54, 1.807) is 25.2 Å². The maximum absolute atomic E-state index is 12.6. The number of benzene rings is 2. The van der Waals surface area contributed by atoms with Crippen LogP contribution in [0.2, 0.25) is 0 Å². The van der Waals surface area contributed by atoms with E-state index in [0.29, 0.717) is 16.7 Å². The van der Waals surface area contributed by atoms with Gasteiger partial charge in [0.05, 0.1) is 11.3 Å². The van der Waals surface area contributed by atoms with Crippen molar-refractivity contribution in [3.05, 3.63) is 58.1 Å². The van der Waals surface area contributed by atoms with Gasteiger partial charge in [-0.05, 0) is 51.8 Å². The predicted molar refractivity (Wildman–Crippen MR) is 89.3 cm³/mol. The zero-order valence-corrected chi connectivity index (χ0v) is 14.1. The zero-order valence-electron chi connectivity index (χ0n) is 12.6. The van der Waals surface area contributed by atoms with Gasteiger partial charge in [-0.25, -0.2) is 4.79 Å². The smallest absolute Gasteiger partial charge is 0.416 e. The van der Waals surface area contributed by atoms with Crippen LogP contribution in [0.15, 0.2) is 46.9 Å². The molecule has 0 saturated carbocycles. The maximum Gasteiger partial charge on any atom is 0.416 e. The Morgan fingerprint density at radius 3 is 2.33 bits per heavy atom. The van der Waals surface area contributed by atoms with E-state index < -0.39 is 17.8 Å². The minimum Gasteiger partial charge on any atom is -0.465 e. The summed E-state index contributed by atoms with van der Waals surface area (Å²) in [6.07, 6.45) is -5.51. The van der Waals surface area contributed by atoms with Gasteiger partial charge >= 0.3 is 12.3 Å². The summed E-state index contributed by atoms with van der Waals surface area (Å²) in [6.45, 7) is 0.413. The monoisotopic (exact) mass is 402 g/mol. The van der Waals surface area contributed by atoms with Crippen LogP contribution in [0.4, 0.5) is 29.3 Å². The number of rotatable bonds is 4. The Hall–Kier alpha value is -2.22. The highest BCUT2D eigenvalue weighted by Crippen LogP contribution is 2.30. The SMILES string of the molecule is CN(Cc1ccc(C(F)(F)F)cc1)c1ccc(NC(=O)O)c(Br)c1. The number of hydrogen-bond acceptors (Lipinski definition) is 2. The van der Waals surface area contributed by atoms with Gasteiger partial charge < -0.3 is 10.0 Å². The fraction of sp³-hybridized carbons (Fsp3) is 0.188. The fourth-order valence-corrected chi connectivity index (χ4v) is 2.59. The van der Waals surface area contributed by atoms with Crippen molar-refractivity contribution >= 4 is 33.4 Å². The van der Waals surface area contributed by atoms with Crippen LogP contribution in [-0.2, 0) is 12.7 Å². The molecule has 0 bridgehead atoms. The lowest BCUT2D eigenvalue weighted by Crippen LogP contribution is -2.17. The largest absolute Gasteiger partial charge is 0.465 e. The second-order valence-corrected chi connectivity index (χ2v) is 6.00. The second-order valence-electron chi connectivity index (χ2n) is 5.15. The Balaban J connectivity index is 2.10. The minimum atomic E-state index is -4.34. The van der Waals surface area contributed by atoms with Crippen molar-refractivity contribution in [2.24, 2.45) is 0 Å². The lowest BCUT2D eigenvalue weighted by Gasteiger charge is -2.21. The number of nitrogens with zero attached hydrogens (tertiary/aromatic N) is 1. The molecule has 4 nitrogen and oxygen atoms in total. The Morgan fingerprint density at radius 1 is 1.21 bits per heavy atom. The molecule has 0 aromatic heterocycles. The van der Waals surface area contributed by atoms with Gasteiger partial charge in [0.15, 0.2) is 0 Å². The number of anilines is 2. The molecule has 128 valence electrons. The molecular weight excluding hydrogens is 389 g/mol. The lowest BCUT2D eigenvalue weighted by molar-refractivity contribution is -0.137. The number of carboxylic acid groups (broad SMARTS) is 1. The zero-order chi connectivity index (χ0) is 17.9. The first-order valence-corrected chi connectivity index (χ1v) is 7.63.